The van der Waals surface area contributed by atoms with Crippen LogP contribution in [0.15, 0.2) is 0 Å². The standard InChI is InChI=1S/C9H16F3NO/c1-2-13(5-7-3-4-7)6-8(14)9(10,11)12/h7-8,14H,2-6H2,1H3. The molecule has 0 aromatic heterocycles. The smallest absolute Gasteiger partial charge is 0.382 e. The zero-order valence-corrected chi connectivity index (χ0v) is 8.22. The molecule has 0 bridgehead atoms. The molecule has 0 aromatic rings. The molecule has 0 amide bonds. The van der Waals surface area contributed by atoms with Crippen molar-refractivity contribution in [1.82, 2.24) is 4.90 Å². The van der Waals surface area contributed by atoms with E-state index in [9.17, 15) is 13.2 Å². The van der Waals surface area contributed by atoms with E-state index >= 15 is 0 Å². The highest BCUT2D eigenvalue weighted by atomic mass is 19.4. The molecule has 0 spiro atoms. The summed E-state index contributed by atoms with van der Waals surface area (Å²) in [6.07, 6.45) is -4.48. The fourth-order valence-electron chi connectivity index (χ4n) is 1.35. The molecule has 84 valence electrons. The number of rotatable bonds is 5. The lowest BCUT2D eigenvalue weighted by Crippen LogP contribution is -2.41. The summed E-state index contributed by atoms with van der Waals surface area (Å²) in [5.74, 6) is 0.551. The number of nitrogens with zero attached hydrogens (tertiary/aromatic N) is 1. The zero-order chi connectivity index (χ0) is 10.8. The number of aliphatic hydroxyl groups is 1. The van der Waals surface area contributed by atoms with Gasteiger partial charge in [0, 0.05) is 13.1 Å². The summed E-state index contributed by atoms with van der Waals surface area (Å²) in [7, 11) is 0. The van der Waals surface area contributed by atoms with Gasteiger partial charge >= 0.3 is 6.18 Å². The highest BCUT2D eigenvalue weighted by Crippen LogP contribution is 2.30. The molecular weight excluding hydrogens is 195 g/mol. The fourth-order valence-corrected chi connectivity index (χ4v) is 1.35. The van der Waals surface area contributed by atoms with Gasteiger partial charge < -0.3 is 10.0 Å². The Morgan fingerprint density at radius 1 is 1.43 bits per heavy atom. The van der Waals surface area contributed by atoms with Crippen molar-refractivity contribution in [3.63, 3.8) is 0 Å². The lowest BCUT2D eigenvalue weighted by atomic mass is 10.3. The maximum Gasteiger partial charge on any atom is 0.415 e. The van der Waals surface area contributed by atoms with Crippen molar-refractivity contribution in [2.45, 2.75) is 32.0 Å². The van der Waals surface area contributed by atoms with Crippen LogP contribution >= 0.6 is 0 Å². The maximum absolute atomic E-state index is 12.0. The first-order valence-corrected chi connectivity index (χ1v) is 4.90. The highest BCUT2D eigenvalue weighted by molar-refractivity contribution is 4.79. The molecule has 14 heavy (non-hydrogen) atoms. The Hall–Kier alpha value is -0.290. The van der Waals surface area contributed by atoms with Crippen LogP contribution in [0.5, 0.6) is 0 Å². The Kier molecular flexibility index (Phi) is 3.78. The Morgan fingerprint density at radius 2 is 2.00 bits per heavy atom. The lowest BCUT2D eigenvalue weighted by Gasteiger charge is -2.24. The average molecular weight is 211 g/mol. The van der Waals surface area contributed by atoms with E-state index in [1.54, 1.807) is 4.90 Å². The van der Waals surface area contributed by atoms with E-state index in [2.05, 4.69) is 0 Å². The van der Waals surface area contributed by atoms with Gasteiger partial charge in [0.1, 0.15) is 0 Å². The summed E-state index contributed by atoms with van der Waals surface area (Å²) in [5, 5.41) is 8.85. The maximum atomic E-state index is 12.0. The van der Waals surface area contributed by atoms with E-state index in [1.807, 2.05) is 6.92 Å². The second-order valence-electron chi connectivity index (χ2n) is 3.85. The van der Waals surface area contributed by atoms with Gasteiger partial charge in [-0.05, 0) is 25.3 Å². The Bertz CT molecular complexity index is 179. The molecule has 1 N–H and O–H groups in total. The van der Waals surface area contributed by atoms with Gasteiger partial charge in [-0.25, -0.2) is 0 Å². The minimum Gasteiger partial charge on any atom is -0.382 e. The monoisotopic (exact) mass is 211 g/mol. The van der Waals surface area contributed by atoms with Crippen LogP contribution in [0.25, 0.3) is 0 Å². The van der Waals surface area contributed by atoms with Crippen LogP contribution in [0.1, 0.15) is 19.8 Å². The van der Waals surface area contributed by atoms with Crippen molar-refractivity contribution < 1.29 is 18.3 Å². The van der Waals surface area contributed by atoms with Crippen molar-refractivity contribution in [3.8, 4) is 0 Å². The molecule has 1 aliphatic carbocycles. The summed E-state index contributed by atoms with van der Waals surface area (Å²) in [4.78, 5) is 1.66. The van der Waals surface area contributed by atoms with Gasteiger partial charge in [-0.15, -0.1) is 0 Å². The van der Waals surface area contributed by atoms with Crippen molar-refractivity contribution in [2.75, 3.05) is 19.6 Å². The first kappa shape index (κ1) is 11.8. The van der Waals surface area contributed by atoms with E-state index in [4.69, 9.17) is 5.11 Å². The second-order valence-corrected chi connectivity index (χ2v) is 3.85. The third kappa shape index (κ3) is 3.84. The summed E-state index contributed by atoms with van der Waals surface area (Å²) in [6, 6.07) is 0. The normalized spacial score (nSPS) is 20.1. The molecule has 1 rings (SSSR count). The van der Waals surface area contributed by atoms with Gasteiger partial charge in [0.05, 0.1) is 0 Å². The number of aliphatic hydroxyl groups excluding tert-OH is 1. The van der Waals surface area contributed by atoms with Crippen molar-refractivity contribution in [3.05, 3.63) is 0 Å². The Balaban J connectivity index is 2.30. The molecular formula is C9H16F3NO. The molecule has 1 saturated carbocycles. The molecule has 0 aromatic carbocycles. The molecule has 5 heteroatoms. The highest BCUT2D eigenvalue weighted by Gasteiger charge is 2.39. The van der Waals surface area contributed by atoms with Crippen LogP contribution in [0.2, 0.25) is 0 Å². The number of likely N-dealkylation sites (N-methyl/N-ethyl adjacent to an activating group) is 1. The second kappa shape index (κ2) is 4.49. The predicted octanol–water partition coefficient (Wildman–Crippen LogP) is 1.64. The molecule has 0 aliphatic heterocycles. The number of alkyl halides is 3. The van der Waals surface area contributed by atoms with Gasteiger partial charge in [0.15, 0.2) is 6.10 Å². The van der Waals surface area contributed by atoms with Crippen molar-refractivity contribution in [2.24, 2.45) is 5.92 Å². The van der Waals surface area contributed by atoms with Crippen LogP contribution in [-0.2, 0) is 0 Å². The third-order valence-corrected chi connectivity index (χ3v) is 2.47. The van der Waals surface area contributed by atoms with Crippen molar-refractivity contribution >= 4 is 0 Å². The van der Waals surface area contributed by atoms with Gasteiger partial charge in [0.2, 0.25) is 0 Å². The molecule has 1 unspecified atom stereocenters. The quantitative estimate of drug-likeness (QED) is 0.747. The fraction of sp³-hybridized carbons (Fsp3) is 1.00. The third-order valence-electron chi connectivity index (χ3n) is 2.47. The van der Waals surface area contributed by atoms with Gasteiger partial charge in [0.25, 0.3) is 0 Å². The van der Waals surface area contributed by atoms with E-state index in [0.29, 0.717) is 19.0 Å². The number of halogens is 3. The zero-order valence-electron chi connectivity index (χ0n) is 8.22. The minimum absolute atomic E-state index is 0.295. The SMILES string of the molecule is CCN(CC1CC1)CC(O)C(F)(F)F. The molecule has 1 fully saturated rings. The topological polar surface area (TPSA) is 23.5 Å². The molecule has 1 atom stereocenters. The van der Waals surface area contributed by atoms with Gasteiger partial charge in [-0.2, -0.15) is 13.2 Å². The average Bonchev–Trinajstić information content (AvgIpc) is 2.85. The van der Waals surface area contributed by atoms with Crippen molar-refractivity contribution in [1.29, 1.82) is 0 Å². The van der Waals surface area contributed by atoms with E-state index < -0.39 is 12.3 Å². The lowest BCUT2D eigenvalue weighted by molar-refractivity contribution is -0.208. The van der Waals surface area contributed by atoms with E-state index in [0.717, 1.165) is 12.8 Å². The van der Waals surface area contributed by atoms with Crippen LogP contribution in [0, 0.1) is 5.92 Å². The number of hydrogen-bond acceptors (Lipinski definition) is 2. The number of hydrogen-bond donors (Lipinski definition) is 1. The van der Waals surface area contributed by atoms with Gasteiger partial charge in [-0.3, -0.25) is 0 Å². The molecule has 0 radical (unpaired) electrons. The summed E-state index contributed by atoms with van der Waals surface area (Å²) in [6.45, 7) is 2.76. The van der Waals surface area contributed by atoms with Gasteiger partial charge in [-0.1, -0.05) is 6.92 Å². The first-order chi connectivity index (χ1) is 6.43. The minimum atomic E-state index is -4.49. The Labute approximate surface area is 81.7 Å². The predicted molar refractivity (Wildman–Crippen MR) is 46.9 cm³/mol. The van der Waals surface area contributed by atoms with E-state index in [-0.39, 0.29) is 6.54 Å². The van der Waals surface area contributed by atoms with Crippen LogP contribution in [0.3, 0.4) is 0 Å². The molecule has 0 saturated heterocycles. The van der Waals surface area contributed by atoms with Crippen LogP contribution < -0.4 is 0 Å². The van der Waals surface area contributed by atoms with E-state index in [1.165, 1.54) is 0 Å². The first-order valence-electron chi connectivity index (χ1n) is 4.90. The molecule has 2 nitrogen and oxygen atoms in total. The summed E-state index contributed by atoms with van der Waals surface area (Å²) < 4.78 is 36.1. The molecule has 1 aliphatic rings. The summed E-state index contributed by atoms with van der Waals surface area (Å²) in [5.41, 5.74) is 0. The van der Waals surface area contributed by atoms with Crippen LogP contribution in [-0.4, -0.2) is 41.9 Å². The largest absolute Gasteiger partial charge is 0.415 e. The molecule has 0 heterocycles. The summed E-state index contributed by atoms with van der Waals surface area (Å²) >= 11 is 0. The Morgan fingerprint density at radius 3 is 2.36 bits per heavy atom. The van der Waals surface area contributed by atoms with Crippen LogP contribution in [0.4, 0.5) is 13.2 Å².